The van der Waals surface area contributed by atoms with Gasteiger partial charge in [-0.2, -0.15) is 4.31 Å². The van der Waals surface area contributed by atoms with E-state index in [1.807, 2.05) is 0 Å². The standard InChI is InChI=1S/C16H18Cl2N4O4S/c1-3-21(4-2)27(25,26)11-5-6-14(15(9-11)22(23)24)20-10-7-12(17)16(19)13(18)8-10/h5-9,20H,3-4,19H2,1-2H3. The van der Waals surface area contributed by atoms with E-state index in [-0.39, 0.29) is 39.4 Å². The second-order valence-corrected chi connectivity index (χ2v) is 8.26. The molecule has 0 saturated carbocycles. The van der Waals surface area contributed by atoms with Crippen molar-refractivity contribution in [2.75, 3.05) is 24.1 Å². The highest BCUT2D eigenvalue weighted by Crippen LogP contribution is 2.35. The van der Waals surface area contributed by atoms with Gasteiger partial charge in [0.05, 0.1) is 25.6 Å². The SMILES string of the molecule is CCN(CC)S(=O)(=O)c1ccc(Nc2cc(Cl)c(N)c(Cl)c2)c([N+](=O)[O-])c1. The molecule has 2 aromatic carbocycles. The van der Waals surface area contributed by atoms with E-state index in [2.05, 4.69) is 5.32 Å². The van der Waals surface area contributed by atoms with Gasteiger partial charge in [0.15, 0.2) is 0 Å². The zero-order chi connectivity index (χ0) is 20.4. The third-order valence-electron chi connectivity index (χ3n) is 3.87. The highest BCUT2D eigenvalue weighted by Gasteiger charge is 2.25. The molecule has 146 valence electrons. The van der Waals surface area contributed by atoms with Crippen molar-refractivity contribution in [3.05, 3.63) is 50.5 Å². The number of halogens is 2. The Hall–Kier alpha value is -2.07. The predicted molar refractivity (Wildman–Crippen MR) is 107 cm³/mol. The fourth-order valence-electron chi connectivity index (χ4n) is 2.45. The molecule has 0 spiro atoms. The summed E-state index contributed by atoms with van der Waals surface area (Å²) >= 11 is 11.9. The molecular formula is C16H18Cl2N4O4S. The van der Waals surface area contributed by atoms with Gasteiger partial charge in [-0.15, -0.1) is 0 Å². The molecule has 0 unspecified atom stereocenters. The number of nitrogens with zero attached hydrogens (tertiary/aromatic N) is 2. The van der Waals surface area contributed by atoms with Crippen LogP contribution in [0.25, 0.3) is 0 Å². The van der Waals surface area contributed by atoms with Crippen LogP contribution in [-0.4, -0.2) is 30.7 Å². The van der Waals surface area contributed by atoms with Gasteiger partial charge in [-0.1, -0.05) is 37.0 Å². The van der Waals surface area contributed by atoms with Crippen molar-refractivity contribution in [3.63, 3.8) is 0 Å². The van der Waals surface area contributed by atoms with Crippen molar-refractivity contribution in [1.82, 2.24) is 4.31 Å². The number of anilines is 3. The number of nitrogen functional groups attached to an aromatic ring is 1. The largest absolute Gasteiger partial charge is 0.396 e. The van der Waals surface area contributed by atoms with Gasteiger partial charge in [0.1, 0.15) is 5.69 Å². The molecule has 0 aliphatic rings. The summed E-state index contributed by atoms with van der Waals surface area (Å²) in [4.78, 5) is 10.7. The maximum Gasteiger partial charge on any atom is 0.294 e. The van der Waals surface area contributed by atoms with Crippen LogP contribution in [0.3, 0.4) is 0 Å². The van der Waals surface area contributed by atoms with E-state index >= 15 is 0 Å². The lowest BCUT2D eigenvalue weighted by Crippen LogP contribution is -2.30. The Morgan fingerprint density at radius 2 is 1.70 bits per heavy atom. The minimum Gasteiger partial charge on any atom is -0.396 e. The van der Waals surface area contributed by atoms with Crippen LogP contribution in [0.5, 0.6) is 0 Å². The monoisotopic (exact) mass is 432 g/mol. The van der Waals surface area contributed by atoms with Crippen LogP contribution in [0.1, 0.15) is 13.8 Å². The summed E-state index contributed by atoms with van der Waals surface area (Å²) in [6, 6.07) is 6.59. The number of nitro benzene ring substituents is 1. The smallest absolute Gasteiger partial charge is 0.294 e. The van der Waals surface area contributed by atoms with Gasteiger partial charge < -0.3 is 11.1 Å². The lowest BCUT2D eigenvalue weighted by Gasteiger charge is -2.18. The van der Waals surface area contributed by atoms with E-state index in [9.17, 15) is 18.5 Å². The van der Waals surface area contributed by atoms with Crippen LogP contribution in [-0.2, 0) is 10.0 Å². The average Bonchev–Trinajstić information content (AvgIpc) is 2.60. The maximum atomic E-state index is 12.6. The molecule has 27 heavy (non-hydrogen) atoms. The molecule has 0 aromatic heterocycles. The van der Waals surface area contributed by atoms with Crippen molar-refractivity contribution in [2.24, 2.45) is 0 Å². The number of hydrogen-bond acceptors (Lipinski definition) is 6. The highest BCUT2D eigenvalue weighted by atomic mass is 35.5. The average molecular weight is 433 g/mol. The zero-order valence-corrected chi connectivity index (χ0v) is 16.9. The molecule has 0 aliphatic heterocycles. The molecule has 0 heterocycles. The Kier molecular flexibility index (Phi) is 6.53. The minimum atomic E-state index is -3.82. The number of nitrogens with one attached hydrogen (secondary N) is 1. The molecule has 2 rings (SSSR count). The molecule has 0 aliphatic carbocycles. The predicted octanol–water partition coefficient (Wildman–Crippen LogP) is 4.26. The summed E-state index contributed by atoms with van der Waals surface area (Å²) in [6.07, 6.45) is 0. The topological polar surface area (TPSA) is 119 Å². The minimum absolute atomic E-state index is 0.0930. The molecule has 0 fully saturated rings. The molecule has 0 bridgehead atoms. The maximum absolute atomic E-state index is 12.6. The van der Waals surface area contributed by atoms with Gasteiger partial charge in [0, 0.05) is 24.8 Å². The Labute approximate surface area is 167 Å². The fourth-order valence-corrected chi connectivity index (χ4v) is 4.42. The van der Waals surface area contributed by atoms with Gasteiger partial charge in [0.2, 0.25) is 10.0 Å². The number of nitro groups is 1. The Bertz CT molecular complexity index is 955. The molecule has 0 saturated heterocycles. The van der Waals surface area contributed by atoms with Crippen LogP contribution in [0.4, 0.5) is 22.7 Å². The molecule has 11 heteroatoms. The molecule has 0 atom stereocenters. The molecule has 8 nitrogen and oxygen atoms in total. The van der Waals surface area contributed by atoms with Crippen molar-refractivity contribution in [3.8, 4) is 0 Å². The van der Waals surface area contributed by atoms with Crippen LogP contribution in [0.2, 0.25) is 10.0 Å². The fraction of sp³-hybridized carbons (Fsp3) is 0.250. The number of nitrogens with two attached hydrogens (primary N) is 1. The quantitative estimate of drug-likeness (QED) is 0.383. The number of sulfonamides is 1. The van der Waals surface area contributed by atoms with E-state index in [4.69, 9.17) is 28.9 Å². The lowest BCUT2D eigenvalue weighted by atomic mass is 10.2. The number of hydrogen-bond donors (Lipinski definition) is 2. The van der Waals surface area contributed by atoms with E-state index in [1.165, 1.54) is 28.6 Å². The van der Waals surface area contributed by atoms with Crippen LogP contribution < -0.4 is 11.1 Å². The first-order chi connectivity index (χ1) is 12.6. The van der Waals surface area contributed by atoms with Crippen molar-refractivity contribution >= 4 is 56.0 Å². The summed E-state index contributed by atoms with van der Waals surface area (Å²) in [7, 11) is -3.82. The van der Waals surface area contributed by atoms with E-state index < -0.39 is 20.6 Å². The molecule has 2 aromatic rings. The van der Waals surface area contributed by atoms with Gasteiger partial charge in [-0.3, -0.25) is 10.1 Å². The van der Waals surface area contributed by atoms with E-state index in [1.54, 1.807) is 13.8 Å². The molecule has 3 N–H and O–H groups in total. The van der Waals surface area contributed by atoms with Crippen LogP contribution in [0, 0.1) is 10.1 Å². The van der Waals surface area contributed by atoms with E-state index in [0.717, 1.165) is 6.07 Å². The van der Waals surface area contributed by atoms with Crippen LogP contribution >= 0.6 is 23.2 Å². The van der Waals surface area contributed by atoms with Crippen LogP contribution in [0.15, 0.2) is 35.2 Å². The van der Waals surface area contributed by atoms with Gasteiger partial charge in [-0.05, 0) is 24.3 Å². The molecule has 0 radical (unpaired) electrons. The van der Waals surface area contributed by atoms with Gasteiger partial charge >= 0.3 is 0 Å². The highest BCUT2D eigenvalue weighted by molar-refractivity contribution is 7.89. The summed E-state index contributed by atoms with van der Waals surface area (Å²) in [5, 5.41) is 14.7. The summed E-state index contributed by atoms with van der Waals surface area (Å²) in [5.41, 5.74) is 5.94. The Morgan fingerprint density at radius 1 is 1.15 bits per heavy atom. The first-order valence-electron chi connectivity index (χ1n) is 7.91. The second-order valence-electron chi connectivity index (χ2n) is 5.50. The number of rotatable bonds is 7. The zero-order valence-electron chi connectivity index (χ0n) is 14.6. The number of benzene rings is 2. The Balaban J connectivity index is 2.50. The van der Waals surface area contributed by atoms with Gasteiger partial charge in [0.25, 0.3) is 5.69 Å². The van der Waals surface area contributed by atoms with Crippen molar-refractivity contribution in [2.45, 2.75) is 18.7 Å². The first kappa shape index (κ1) is 21.2. The second kappa shape index (κ2) is 8.30. The van der Waals surface area contributed by atoms with E-state index in [0.29, 0.717) is 5.69 Å². The summed E-state index contributed by atoms with van der Waals surface area (Å²) in [5.74, 6) is 0. The van der Waals surface area contributed by atoms with Crippen molar-refractivity contribution < 1.29 is 13.3 Å². The van der Waals surface area contributed by atoms with Crippen molar-refractivity contribution in [1.29, 1.82) is 0 Å². The molecular weight excluding hydrogens is 415 g/mol. The first-order valence-corrected chi connectivity index (χ1v) is 10.1. The third kappa shape index (κ3) is 4.44. The lowest BCUT2D eigenvalue weighted by molar-refractivity contribution is -0.384. The third-order valence-corrected chi connectivity index (χ3v) is 6.54. The molecule has 0 amide bonds. The summed E-state index contributed by atoms with van der Waals surface area (Å²) < 4.78 is 26.4. The summed E-state index contributed by atoms with van der Waals surface area (Å²) in [6.45, 7) is 3.91. The Morgan fingerprint density at radius 3 is 2.19 bits per heavy atom. The van der Waals surface area contributed by atoms with Gasteiger partial charge in [-0.25, -0.2) is 8.42 Å². The normalized spacial score (nSPS) is 11.6.